The topological polar surface area (TPSA) is 80.1 Å². The van der Waals surface area contributed by atoms with Crippen molar-refractivity contribution in [3.05, 3.63) is 75.5 Å². The van der Waals surface area contributed by atoms with Crippen LogP contribution in [-0.2, 0) is 6.54 Å². The molecule has 0 fully saturated rings. The number of halogens is 1. The van der Waals surface area contributed by atoms with E-state index in [9.17, 15) is 9.59 Å². The van der Waals surface area contributed by atoms with E-state index in [4.69, 9.17) is 0 Å². The molecular weight excluding hydrogens is 422 g/mol. The van der Waals surface area contributed by atoms with Gasteiger partial charge in [-0.05, 0) is 42.8 Å². The summed E-state index contributed by atoms with van der Waals surface area (Å²) < 4.78 is 2.56. The Hall–Kier alpha value is -3.00. The minimum atomic E-state index is -0.214. The molecule has 1 N–H and O–H groups in total. The van der Waals surface area contributed by atoms with Crippen LogP contribution in [0.15, 0.2) is 53.0 Å². The van der Waals surface area contributed by atoms with Crippen molar-refractivity contribution >= 4 is 27.7 Å². The van der Waals surface area contributed by atoms with Crippen LogP contribution in [0.4, 0.5) is 0 Å². The number of rotatable bonds is 5. The molecule has 0 aliphatic carbocycles. The van der Waals surface area contributed by atoms with Gasteiger partial charge in [0.2, 0.25) is 0 Å². The molecule has 8 heteroatoms. The lowest BCUT2D eigenvalue weighted by molar-refractivity contribution is 0.0778. The van der Waals surface area contributed by atoms with E-state index in [2.05, 4.69) is 31.6 Å². The first-order chi connectivity index (χ1) is 13.4. The van der Waals surface area contributed by atoms with Gasteiger partial charge < -0.3 is 10.2 Å². The number of carbonyl (C=O) groups excluding carboxylic acids is 2. The number of hydrogen-bond donors (Lipinski definition) is 1. The third-order valence-corrected chi connectivity index (χ3v) is 4.85. The Balaban J connectivity index is 1.76. The van der Waals surface area contributed by atoms with Gasteiger partial charge in [0.1, 0.15) is 0 Å². The molecule has 0 aliphatic heterocycles. The summed E-state index contributed by atoms with van der Waals surface area (Å²) in [6, 6.07) is 14.8. The van der Waals surface area contributed by atoms with Crippen LogP contribution < -0.4 is 5.32 Å². The zero-order chi connectivity index (χ0) is 20.3. The Labute approximate surface area is 171 Å². The van der Waals surface area contributed by atoms with Crippen LogP contribution in [0.2, 0.25) is 0 Å². The van der Waals surface area contributed by atoms with E-state index in [-0.39, 0.29) is 11.8 Å². The van der Waals surface area contributed by atoms with Gasteiger partial charge in [0.15, 0.2) is 5.69 Å². The molecule has 0 unspecified atom stereocenters. The van der Waals surface area contributed by atoms with E-state index in [1.807, 2.05) is 43.3 Å². The molecule has 0 bridgehead atoms. The van der Waals surface area contributed by atoms with Crippen molar-refractivity contribution in [2.24, 2.45) is 0 Å². The smallest absolute Gasteiger partial charge is 0.276 e. The lowest BCUT2D eigenvalue weighted by atomic mass is 10.1. The lowest BCUT2D eigenvalue weighted by Gasteiger charge is -2.16. The van der Waals surface area contributed by atoms with Crippen LogP contribution in [0.3, 0.4) is 0 Å². The second kappa shape index (κ2) is 8.35. The molecule has 2 aromatic carbocycles. The first kappa shape index (κ1) is 19.8. The van der Waals surface area contributed by atoms with Gasteiger partial charge in [-0.1, -0.05) is 39.3 Å². The van der Waals surface area contributed by atoms with Crippen molar-refractivity contribution in [3.63, 3.8) is 0 Å². The van der Waals surface area contributed by atoms with Gasteiger partial charge in [0, 0.05) is 30.7 Å². The summed E-state index contributed by atoms with van der Waals surface area (Å²) in [6.45, 7) is 2.22. The number of hydrogen-bond acceptors (Lipinski definition) is 4. The molecule has 7 nitrogen and oxygen atoms in total. The number of aromatic nitrogens is 3. The summed E-state index contributed by atoms with van der Waals surface area (Å²) in [7, 11) is 3.30. The maximum absolute atomic E-state index is 12.8. The van der Waals surface area contributed by atoms with Crippen molar-refractivity contribution in [2.75, 3.05) is 14.1 Å². The van der Waals surface area contributed by atoms with E-state index in [0.29, 0.717) is 23.5 Å². The van der Waals surface area contributed by atoms with Gasteiger partial charge >= 0.3 is 0 Å². The highest BCUT2D eigenvalue weighted by Crippen LogP contribution is 2.18. The highest BCUT2D eigenvalue weighted by atomic mass is 79.9. The van der Waals surface area contributed by atoms with Gasteiger partial charge in [-0.25, -0.2) is 4.68 Å². The average molecular weight is 442 g/mol. The van der Waals surface area contributed by atoms with Crippen molar-refractivity contribution in [3.8, 4) is 5.69 Å². The van der Waals surface area contributed by atoms with Crippen molar-refractivity contribution < 1.29 is 9.59 Å². The molecule has 0 saturated heterocycles. The normalized spacial score (nSPS) is 10.6. The summed E-state index contributed by atoms with van der Waals surface area (Å²) in [4.78, 5) is 26.0. The predicted octanol–water partition coefficient (Wildman–Crippen LogP) is 2.97. The van der Waals surface area contributed by atoms with E-state index in [0.717, 1.165) is 15.7 Å². The van der Waals surface area contributed by atoms with Crippen LogP contribution in [0, 0.1) is 6.92 Å². The van der Waals surface area contributed by atoms with E-state index < -0.39 is 0 Å². The standard InChI is InChI=1S/C20H20BrN5O2/c1-13-18(23-24-26(13)17-6-4-5-16(21)11-17)20(28)25(3)12-14-7-9-15(10-8-14)19(27)22-2/h4-11H,12H2,1-3H3,(H,22,27). The number of amides is 2. The van der Waals surface area contributed by atoms with Gasteiger partial charge in [0.25, 0.3) is 11.8 Å². The van der Waals surface area contributed by atoms with Gasteiger partial charge in [-0.15, -0.1) is 5.10 Å². The van der Waals surface area contributed by atoms with Crippen LogP contribution in [0.1, 0.15) is 32.1 Å². The Morgan fingerprint density at radius 1 is 1.18 bits per heavy atom. The largest absolute Gasteiger partial charge is 0.355 e. The molecule has 144 valence electrons. The van der Waals surface area contributed by atoms with Crippen LogP contribution in [-0.4, -0.2) is 45.8 Å². The highest BCUT2D eigenvalue weighted by Gasteiger charge is 2.21. The molecule has 28 heavy (non-hydrogen) atoms. The quantitative estimate of drug-likeness (QED) is 0.659. The molecule has 1 aromatic heterocycles. The molecular formula is C20H20BrN5O2. The van der Waals surface area contributed by atoms with Crippen molar-refractivity contribution in [1.82, 2.24) is 25.2 Å². The summed E-state index contributed by atoms with van der Waals surface area (Å²) in [5.41, 5.74) is 3.30. The number of carbonyl (C=O) groups is 2. The van der Waals surface area contributed by atoms with Crippen molar-refractivity contribution in [1.29, 1.82) is 0 Å². The molecule has 0 atom stereocenters. The molecule has 0 saturated carbocycles. The minimum Gasteiger partial charge on any atom is -0.355 e. The average Bonchev–Trinajstić information content (AvgIpc) is 3.08. The first-order valence-electron chi connectivity index (χ1n) is 8.65. The first-order valence-corrected chi connectivity index (χ1v) is 9.44. The second-order valence-electron chi connectivity index (χ2n) is 6.35. The van der Waals surface area contributed by atoms with Gasteiger partial charge in [-0.2, -0.15) is 0 Å². The number of nitrogens with one attached hydrogen (secondary N) is 1. The SMILES string of the molecule is CNC(=O)c1ccc(CN(C)C(=O)c2nnn(-c3cccc(Br)c3)c2C)cc1. The third-order valence-electron chi connectivity index (χ3n) is 4.36. The molecule has 1 heterocycles. The fraction of sp³-hybridized carbons (Fsp3) is 0.200. The summed E-state index contributed by atoms with van der Waals surface area (Å²) >= 11 is 3.44. The number of benzene rings is 2. The molecule has 3 aromatic rings. The Kier molecular flexibility index (Phi) is 5.89. The van der Waals surface area contributed by atoms with Gasteiger partial charge in [-0.3, -0.25) is 9.59 Å². The maximum atomic E-state index is 12.8. The second-order valence-corrected chi connectivity index (χ2v) is 7.27. The Morgan fingerprint density at radius 2 is 1.89 bits per heavy atom. The summed E-state index contributed by atoms with van der Waals surface area (Å²) in [5.74, 6) is -0.357. The fourth-order valence-electron chi connectivity index (χ4n) is 2.81. The Morgan fingerprint density at radius 3 is 2.54 bits per heavy atom. The van der Waals surface area contributed by atoms with Gasteiger partial charge in [0.05, 0.1) is 11.4 Å². The van der Waals surface area contributed by atoms with E-state index in [1.165, 1.54) is 0 Å². The van der Waals surface area contributed by atoms with Crippen LogP contribution in [0.25, 0.3) is 5.69 Å². The number of nitrogens with zero attached hydrogens (tertiary/aromatic N) is 4. The Bertz CT molecular complexity index is 1010. The van der Waals surface area contributed by atoms with E-state index in [1.54, 1.807) is 35.8 Å². The van der Waals surface area contributed by atoms with Crippen molar-refractivity contribution in [2.45, 2.75) is 13.5 Å². The van der Waals surface area contributed by atoms with Crippen LogP contribution in [0.5, 0.6) is 0 Å². The highest BCUT2D eigenvalue weighted by molar-refractivity contribution is 9.10. The molecule has 0 aliphatic rings. The zero-order valence-electron chi connectivity index (χ0n) is 15.8. The molecule has 0 spiro atoms. The summed E-state index contributed by atoms with van der Waals surface area (Å²) in [6.07, 6.45) is 0. The maximum Gasteiger partial charge on any atom is 0.276 e. The minimum absolute atomic E-state index is 0.143. The predicted molar refractivity (Wildman–Crippen MR) is 109 cm³/mol. The third kappa shape index (κ3) is 4.12. The van der Waals surface area contributed by atoms with Crippen LogP contribution >= 0.6 is 15.9 Å². The van der Waals surface area contributed by atoms with E-state index >= 15 is 0 Å². The molecule has 0 radical (unpaired) electrons. The lowest BCUT2D eigenvalue weighted by Crippen LogP contribution is -2.27. The zero-order valence-corrected chi connectivity index (χ0v) is 17.4. The molecule has 2 amide bonds. The summed E-state index contributed by atoms with van der Waals surface area (Å²) in [5, 5.41) is 10.8. The monoisotopic (exact) mass is 441 g/mol. The molecule has 3 rings (SSSR count). The fourth-order valence-corrected chi connectivity index (χ4v) is 3.20.